The highest BCUT2D eigenvalue weighted by atomic mass is 32.2. The summed E-state index contributed by atoms with van der Waals surface area (Å²) in [5.74, 6) is -2.12. The van der Waals surface area contributed by atoms with Gasteiger partial charge in [0.1, 0.15) is 5.69 Å². The van der Waals surface area contributed by atoms with Gasteiger partial charge in [0, 0.05) is 17.0 Å². The summed E-state index contributed by atoms with van der Waals surface area (Å²) in [4.78, 5) is 30.7. The maximum Gasteiger partial charge on any atom is 0.418 e. The molecule has 0 aliphatic heterocycles. The smallest absolute Gasteiger partial charge is 0.418 e. The number of nitrogens with zero attached hydrogens (tertiary/aromatic N) is 3. The van der Waals surface area contributed by atoms with Crippen LogP contribution in [0.3, 0.4) is 0 Å². The Balaban J connectivity index is 1.96. The molecule has 13 heteroatoms. The Kier molecular flexibility index (Phi) is 5.82. The Morgan fingerprint density at radius 1 is 1.30 bits per heavy atom. The van der Waals surface area contributed by atoms with Gasteiger partial charge in [-0.3, -0.25) is 14.7 Å². The topological polar surface area (TPSA) is 137 Å². The zero-order valence-electron chi connectivity index (χ0n) is 15.5. The van der Waals surface area contributed by atoms with E-state index >= 15 is 0 Å². The molecule has 0 bridgehead atoms. The molecule has 1 aromatic carbocycles. The maximum atomic E-state index is 13.5. The van der Waals surface area contributed by atoms with Crippen molar-refractivity contribution in [2.75, 3.05) is 5.32 Å². The first-order valence-corrected chi connectivity index (χ1v) is 9.33. The van der Waals surface area contributed by atoms with Gasteiger partial charge in [-0.2, -0.15) is 18.2 Å². The van der Waals surface area contributed by atoms with Crippen LogP contribution in [0.25, 0.3) is 11.3 Å². The third-order valence-electron chi connectivity index (χ3n) is 3.74. The molecule has 0 unspecified atom stereocenters. The molecule has 0 atom stereocenters. The zero-order chi connectivity index (χ0) is 22.1. The molecule has 1 amide bonds. The second kappa shape index (κ2) is 8.18. The summed E-state index contributed by atoms with van der Waals surface area (Å²) >= 11 is 1.14. The summed E-state index contributed by atoms with van der Waals surface area (Å²) in [5, 5.41) is 21.6. The quantitative estimate of drug-likeness (QED) is 0.354. The average Bonchev–Trinajstić information content (AvgIpc) is 3.14. The Morgan fingerprint density at radius 3 is 2.60 bits per heavy atom. The third kappa shape index (κ3) is 4.62. The SMILES string of the molecule is CC(C)Sc1nc(O)c(C(=O)Nc2ccc(-c3c[nH]nn3)cc2C(F)(F)F)c(=O)[nH]1. The van der Waals surface area contributed by atoms with Crippen LogP contribution in [0.1, 0.15) is 29.8 Å². The molecular formula is C17H15F3N6O3S. The Hall–Kier alpha value is -3.35. The Labute approximate surface area is 171 Å². The summed E-state index contributed by atoms with van der Waals surface area (Å²) in [5.41, 5.74) is -3.24. The van der Waals surface area contributed by atoms with Crippen molar-refractivity contribution in [2.24, 2.45) is 0 Å². The fraction of sp³-hybridized carbons (Fsp3) is 0.235. The van der Waals surface area contributed by atoms with Crippen LogP contribution >= 0.6 is 11.8 Å². The van der Waals surface area contributed by atoms with Gasteiger partial charge >= 0.3 is 6.18 Å². The number of carbonyl (C=O) groups excluding carboxylic acids is 1. The molecule has 158 valence electrons. The van der Waals surface area contributed by atoms with E-state index in [1.807, 2.05) is 19.2 Å². The number of hydrogen-bond donors (Lipinski definition) is 4. The number of amides is 1. The lowest BCUT2D eigenvalue weighted by molar-refractivity contribution is -0.136. The third-order valence-corrected chi connectivity index (χ3v) is 4.63. The molecule has 3 rings (SSSR count). The van der Waals surface area contributed by atoms with Crippen molar-refractivity contribution in [2.45, 2.75) is 30.4 Å². The van der Waals surface area contributed by atoms with E-state index in [1.54, 1.807) is 0 Å². The van der Waals surface area contributed by atoms with E-state index in [0.29, 0.717) is 0 Å². The molecule has 0 fully saturated rings. The highest BCUT2D eigenvalue weighted by Crippen LogP contribution is 2.37. The van der Waals surface area contributed by atoms with Crippen LogP contribution in [-0.2, 0) is 6.18 Å². The van der Waals surface area contributed by atoms with Crippen molar-refractivity contribution >= 4 is 23.4 Å². The van der Waals surface area contributed by atoms with Crippen LogP contribution in [-0.4, -0.2) is 41.6 Å². The van der Waals surface area contributed by atoms with Crippen LogP contribution < -0.4 is 10.9 Å². The number of thioether (sulfide) groups is 1. The van der Waals surface area contributed by atoms with Crippen LogP contribution in [0.15, 0.2) is 34.3 Å². The van der Waals surface area contributed by atoms with Crippen LogP contribution in [0.4, 0.5) is 18.9 Å². The molecule has 0 aliphatic rings. The summed E-state index contributed by atoms with van der Waals surface area (Å²) in [6.07, 6.45) is -3.50. The van der Waals surface area contributed by atoms with E-state index in [2.05, 4.69) is 25.4 Å². The zero-order valence-corrected chi connectivity index (χ0v) is 16.4. The van der Waals surface area contributed by atoms with Crippen molar-refractivity contribution in [1.29, 1.82) is 0 Å². The number of carbonyl (C=O) groups is 1. The molecule has 0 aliphatic carbocycles. The van der Waals surface area contributed by atoms with Gasteiger partial charge in [-0.1, -0.05) is 36.9 Å². The van der Waals surface area contributed by atoms with Crippen LogP contribution in [0.2, 0.25) is 0 Å². The lowest BCUT2D eigenvalue weighted by Gasteiger charge is -2.15. The van der Waals surface area contributed by atoms with Gasteiger partial charge in [-0.05, 0) is 12.1 Å². The number of nitrogens with one attached hydrogen (secondary N) is 3. The monoisotopic (exact) mass is 440 g/mol. The number of halogens is 3. The molecule has 0 radical (unpaired) electrons. The normalized spacial score (nSPS) is 11.7. The van der Waals surface area contributed by atoms with Gasteiger partial charge in [0.25, 0.3) is 11.5 Å². The second-order valence-electron chi connectivity index (χ2n) is 6.31. The minimum absolute atomic E-state index is 0.0322. The van der Waals surface area contributed by atoms with E-state index in [1.165, 1.54) is 12.3 Å². The van der Waals surface area contributed by atoms with Crippen molar-refractivity contribution in [1.82, 2.24) is 25.4 Å². The molecular weight excluding hydrogens is 425 g/mol. The molecule has 30 heavy (non-hydrogen) atoms. The van der Waals surface area contributed by atoms with Gasteiger partial charge in [0.05, 0.1) is 11.3 Å². The van der Waals surface area contributed by atoms with E-state index in [9.17, 15) is 27.9 Å². The number of alkyl halides is 3. The lowest BCUT2D eigenvalue weighted by atomic mass is 10.1. The number of aromatic nitrogens is 5. The average molecular weight is 440 g/mol. The van der Waals surface area contributed by atoms with Crippen molar-refractivity contribution in [3.05, 3.63) is 45.9 Å². The van der Waals surface area contributed by atoms with Gasteiger partial charge in [0.15, 0.2) is 10.7 Å². The van der Waals surface area contributed by atoms with Gasteiger partial charge in [-0.25, -0.2) is 0 Å². The van der Waals surface area contributed by atoms with E-state index in [4.69, 9.17) is 0 Å². The summed E-state index contributed by atoms with van der Waals surface area (Å²) < 4.78 is 40.6. The first-order valence-electron chi connectivity index (χ1n) is 8.45. The Bertz CT molecular complexity index is 1130. The van der Waals surface area contributed by atoms with Crippen LogP contribution in [0, 0.1) is 0 Å². The summed E-state index contributed by atoms with van der Waals surface area (Å²) in [6.45, 7) is 3.65. The van der Waals surface area contributed by atoms with Gasteiger partial charge in [-0.15, -0.1) is 5.10 Å². The molecule has 3 aromatic rings. The Morgan fingerprint density at radius 2 is 2.03 bits per heavy atom. The largest absolute Gasteiger partial charge is 0.493 e. The highest BCUT2D eigenvalue weighted by Gasteiger charge is 2.35. The van der Waals surface area contributed by atoms with E-state index < -0.39 is 40.3 Å². The molecule has 0 saturated carbocycles. The minimum atomic E-state index is -4.81. The number of aromatic amines is 2. The van der Waals surface area contributed by atoms with Gasteiger partial charge < -0.3 is 15.4 Å². The number of H-pyrrole nitrogens is 2. The molecule has 0 saturated heterocycles. The van der Waals surface area contributed by atoms with Crippen molar-refractivity contribution in [3.63, 3.8) is 0 Å². The first-order chi connectivity index (χ1) is 14.1. The lowest BCUT2D eigenvalue weighted by Crippen LogP contribution is -2.25. The second-order valence-corrected chi connectivity index (χ2v) is 7.87. The fourth-order valence-electron chi connectivity index (χ4n) is 2.50. The number of benzene rings is 1. The predicted octanol–water partition coefficient (Wildman–Crippen LogP) is 3.03. The predicted molar refractivity (Wildman–Crippen MR) is 102 cm³/mol. The number of aromatic hydroxyl groups is 1. The molecule has 4 N–H and O–H groups in total. The summed E-state index contributed by atoms with van der Waals surface area (Å²) in [7, 11) is 0. The number of anilines is 1. The number of hydrogen-bond acceptors (Lipinski definition) is 7. The highest BCUT2D eigenvalue weighted by molar-refractivity contribution is 7.99. The van der Waals surface area contributed by atoms with Gasteiger partial charge in [0.2, 0.25) is 5.88 Å². The molecule has 9 nitrogen and oxygen atoms in total. The molecule has 2 heterocycles. The minimum Gasteiger partial charge on any atom is -0.493 e. The van der Waals surface area contributed by atoms with Crippen molar-refractivity contribution < 1.29 is 23.1 Å². The number of rotatable bonds is 5. The maximum absolute atomic E-state index is 13.5. The van der Waals surface area contributed by atoms with E-state index in [0.717, 1.165) is 23.9 Å². The standard InChI is InChI=1S/C17H15F3N6O3S/c1-7(2)30-16-23-14(28)12(15(29)24-16)13(27)22-10-4-3-8(11-6-21-26-25-11)5-9(10)17(18,19)20/h3-7H,1-2H3,(H,22,27)(H,21,25,26)(H2,23,24,28,29). The van der Waals surface area contributed by atoms with Crippen LogP contribution in [0.5, 0.6) is 5.88 Å². The molecule has 0 spiro atoms. The fourth-order valence-corrected chi connectivity index (χ4v) is 3.24. The summed E-state index contributed by atoms with van der Waals surface area (Å²) in [6, 6.07) is 3.11. The molecule has 2 aromatic heterocycles. The van der Waals surface area contributed by atoms with E-state index in [-0.39, 0.29) is 21.7 Å². The van der Waals surface area contributed by atoms with Crippen molar-refractivity contribution in [3.8, 4) is 17.1 Å². The first kappa shape index (κ1) is 21.4.